The second-order valence-corrected chi connectivity index (χ2v) is 6.35. The lowest BCUT2D eigenvalue weighted by atomic mass is 9.70. The number of rotatable bonds is 5. The minimum absolute atomic E-state index is 0.111. The molecule has 3 aliphatic carbocycles. The van der Waals surface area contributed by atoms with Gasteiger partial charge in [0.2, 0.25) is 0 Å². The fourth-order valence-electron chi connectivity index (χ4n) is 3.85. The normalized spacial score (nSPS) is 25.2. The van der Waals surface area contributed by atoms with E-state index in [-0.39, 0.29) is 18.1 Å². The van der Waals surface area contributed by atoms with Gasteiger partial charge in [-0.3, -0.25) is 0 Å². The van der Waals surface area contributed by atoms with Gasteiger partial charge in [0.1, 0.15) is 0 Å². The van der Waals surface area contributed by atoms with E-state index in [1.165, 1.54) is 24.0 Å². The lowest BCUT2D eigenvalue weighted by molar-refractivity contribution is -0.139. The Morgan fingerprint density at radius 3 is 2.59 bits per heavy atom. The van der Waals surface area contributed by atoms with Crippen LogP contribution in [-0.2, 0) is 9.53 Å². The third-order valence-electron chi connectivity index (χ3n) is 5.02. The van der Waals surface area contributed by atoms with Crippen LogP contribution in [0.2, 0.25) is 0 Å². The second kappa shape index (κ2) is 6.66. The molecule has 1 saturated carbocycles. The summed E-state index contributed by atoms with van der Waals surface area (Å²) in [6.45, 7) is 4.49. The molecule has 1 aromatic carbocycles. The lowest BCUT2D eigenvalue weighted by Crippen LogP contribution is -2.46. The maximum Gasteiger partial charge on any atom is 0.335 e. The standard InChI is InChI=1S/C19H25NO2/c1-3-22-19(21)17-15-9-11-16(12-10-15)18(17)20-13(2)14-7-5-4-6-8-14/h4-8,13,16,18,20H,3,9-12H2,1-2H3/t13?,18-/m1/s1. The largest absolute Gasteiger partial charge is 0.463 e. The summed E-state index contributed by atoms with van der Waals surface area (Å²) in [6, 6.07) is 10.8. The Kier molecular flexibility index (Phi) is 4.63. The van der Waals surface area contributed by atoms with Crippen LogP contribution < -0.4 is 5.32 Å². The molecule has 0 aliphatic heterocycles. The van der Waals surface area contributed by atoms with Gasteiger partial charge in [0.15, 0.2) is 0 Å². The minimum atomic E-state index is -0.111. The van der Waals surface area contributed by atoms with Crippen molar-refractivity contribution in [3.05, 3.63) is 47.0 Å². The molecule has 1 N–H and O–H groups in total. The van der Waals surface area contributed by atoms with Crippen LogP contribution in [0.3, 0.4) is 0 Å². The molecule has 22 heavy (non-hydrogen) atoms. The van der Waals surface area contributed by atoms with E-state index < -0.39 is 0 Å². The number of hydrogen-bond donors (Lipinski definition) is 1. The van der Waals surface area contributed by atoms with Crippen LogP contribution in [0.1, 0.15) is 51.1 Å². The maximum atomic E-state index is 12.4. The van der Waals surface area contributed by atoms with E-state index in [1.807, 2.05) is 13.0 Å². The van der Waals surface area contributed by atoms with Crippen molar-refractivity contribution in [2.75, 3.05) is 6.61 Å². The van der Waals surface area contributed by atoms with E-state index in [0.29, 0.717) is 12.5 Å². The number of nitrogens with one attached hydrogen (secondary N) is 1. The van der Waals surface area contributed by atoms with Crippen LogP contribution in [0.25, 0.3) is 0 Å². The molecule has 3 heteroatoms. The zero-order valence-corrected chi connectivity index (χ0v) is 13.5. The van der Waals surface area contributed by atoms with Gasteiger partial charge in [-0.1, -0.05) is 35.9 Å². The summed E-state index contributed by atoms with van der Waals surface area (Å²) in [7, 11) is 0. The van der Waals surface area contributed by atoms with E-state index in [2.05, 4.69) is 36.5 Å². The molecule has 2 atom stereocenters. The Morgan fingerprint density at radius 2 is 1.95 bits per heavy atom. The number of carbonyl (C=O) groups is 1. The molecule has 0 spiro atoms. The third-order valence-corrected chi connectivity index (χ3v) is 5.02. The molecule has 1 aromatic rings. The fourth-order valence-corrected chi connectivity index (χ4v) is 3.85. The Balaban J connectivity index is 1.82. The number of hydrogen-bond acceptors (Lipinski definition) is 3. The van der Waals surface area contributed by atoms with Crippen molar-refractivity contribution >= 4 is 5.97 Å². The molecule has 1 unspecified atom stereocenters. The average molecular weight is 299 g/mol. The van der Waals surface area contributed by atoms with Crippen molar-refractivity contribution in [1.29, 1.82) is 0 Å². The third kappa shape index (κ3) is 2.95. The summed E-state index contributed by atoms with van der Waals surface area (Å²) in [5, 5.41) is 3.70. The molecule has 0 aromatic heterocycles. The monoisotopic (exact) mass is 299 g/mol. The molecule has 0 saturated heterocycles. The lowest BCUT2D eigenvalue weighted by Gasteiger charge is -2.41. The molecule has 3 nitrogen and oxygen atoms in total. The molecule has 3 aliphatic rings. The van der Waals surface area contributed by atoms with Crippen molar-refractivity contribution in [3.63, 3.8) is 0 Å². The summed E-state index contributed by atoms with van der Waals surface area (Å²) in [4.78, 5) is 12.4. The Morgan fingerprint density at radius 1 is 1.27 bits per heavy atom. The zero-order valence-electron chi connectivity index (χ0n) is 13.5. The van der Waals surface area contributed by atoms with Crippen molar-refractivity contribution in [3.8, 4) is 0 Å². The highest BCUT2D eigenvalue weighted by Crippen LogP contribution is 2.42. The molecule has 118 valence electrons. The van der Waals surface area contributed by atoms with Gasteiger partial charge in [-0.2, -0.15) is 0 Å². The molecule has 1 fully saturated rings. The van der Waals surface area contributed by atoms with E-state index in [9.17, 15) is 4.79 Å². The first-order chi connectivity index (χ1) is 10.7. The smallest absolute Gasteiger partial charge is 0.335 e. The van der Waals surface area contributed by atoms with E-state index in [0.717, 1.165) is 18.4 Å². The second-order valence-electron chi connectivity index (χ2n) is 6.35. The van der Waals surface area contributed by atoms with Crippen LogP contribution in [0.4, 0.5) is 0 Å². The Labute approximate surface area is 132 Å². The highest BCUT2D eigenvalue weighted by molar-refractivity contribution is 5.91. The fraction of sp³-hybridized carbons (Fsp3) is 0.526. The zero-order chi connectivity index (χ0) is 15.5. The van der Waals surface area contributed by atoms with Gasteiger partial charge in [0, 0.05) is 12.1 Å². The van der Waals surface area contributed by atoms with Gasteiger partial charge >= 0.3 is 5.97 Å². The van der Waals surface area contributed by atoms with Crippen molar-refractivity contribution in [2.45, 2.75) is 51.6 Å². The number of allylic oxidation sites excluding steroid dienone is 1. The van der Waals surface area contributed by atoms with Crippen LogP contribution in [-0.4, -0.2) is 18.6 Å². The van der Waals surface area contributed by atoms with E-state index in [4.69, 9.17) is 4.74 Å². The van der Waals surface area contributed by atoms with Crippen molar-refractivity contribution < 1.29 is 9.53 Å². The number of carbonyl (C=O) groups excluding carboxylic acids is 1. The summed E-state index contributed by atoms with van der Waals surface area (Å²) in [6.07, 6.45) is 4.52. The quantitative estimate of drug-likeness (QED) is 0.841. The first kappa shape index (κ1) is 15.3. The summed E-state index contributed by atoms with van der Waals surface area (Å²) >= 11 is 0. The topological polar surface area (TPSA) is 38.3 Å². The summed E-state index contributed by atoms with van der Waals surface area (Å²) in [5.74, 6) is 0.447. The Hall–Kier alpha value is -1.61. The van der Waals surface area contributed by atoms with Gasteiger partial charge in [0.25, 0.3) is 0 Å². The first-order valence-electron chi connectivity index (χ1n) is 8.40. The molecule has 4 rings (SSSR count). The SMILES string of the molecule is CCOC(=O)C1=C2CCC(CC2)[C@H]1NC(C)c1ccccc1. The van der Waals surface area contributed by atoms with Crippen molar-refractivity contribution in [1.82, 2.24) is 5.32 Å². The van der Waals surface area contributed by atoms with Gasteiger partial charge in [-0.15, -0.1) is 0 Å². The highest BCUT2D eigenvalue weighted by atomic mass is 16.5. The number of benzene rings is 1. The van der Waals surface area contributed by atoms with Crippen LogP contribution in [0.5, 0.6) is 0 Å². The van der Waals surface area contributed by atoms with Gasteiger partial charge in [-0.05, 0) is 51.0 Å². The highest BCUT2D eigenvalue weighted by Gasteiger charge is 2.40. The minimum Gasteiger partial charge on any atom is -0.463 e. The van der Waals surface area contributed by atoms with Gasteiger partial charge in [-0.25, -0.2) is 4.79 Å². The van der Waals surface area contributed by atoms with Crippen LogP contribution >= 0.6 is 0 Å². The maximum absolute atomic E-state index is 12.4. The van der Waals surface area contributed by atoms with Crippen LogP contribution in [0, 0.1) is 5.92 Å². The predicted molar refractivity (Wildman–Crippen MR) is 87.4 cm³/mol. The van der Waals surface area contributed by atoms with Gasteiger partial charge in [0.05, 0.1) is 12.2 Å². The Bertz CT molecular complexity index is 554. The number of fused-ring (bicyclic) bond motifs is 3. The summed E-state index contributed by atoms with van der Waals surface area (Å²) < 4.78 is 5.31. The number of esters is 1. The van der Waals surface area contributed by atoms with Crippen LogP contribution in [0.15, 0.2) is 41.5 Å². The molecular weight excluding hydrogens is 274 g/mol. The average Bonchev–Trinajstić information content (AvgIpc) is 2.56. The molecule has 0 radical (unpaired) electrons. The molecule has 0 amide bonds. The van der Waals surface area contributed by atoms with Crippen molar-refractivity contribution in [2.24, 2.45) is 5.92 Å². The summed E-state index contributed by atoms with van der Waals surface area (Å²) in [5.41, 5.74) is 3.50. The molecular formula is C19H25NO2. The predicted octanol–water partition coefficient (Wildman–Crippen LogP) is 3.77. The number of ether oxygens (including phenoxy) is 1. The molecule has 2 bridgehead atoms. The molecule has 0 heterocycles. The first-order valence-corrected chi connectivity index (χ1v) is 8.40. The van der Waals surface area contributed by atoms with Gasteiger partial charge < -0.3 is 10.1 Å². The van der Waals surface area contributed by atoms with E-state index in [1.54, 1.807) is 0 Å². The van der Waals surface area contributed by atoms with E-state index >= 15 is 0 Å².